The van der Waals surface area contributed by atoms with E-state index in [4.69, 9.17) is 5.73 Å². The first-order valence-corrected chi connectivity index (χ1v) is 5.70. The zero-order chi connectivity index (χ0) is 12.2. The maximum absolute atomic E-state index is 5.84. The molecule has 3 nitrogen and oxygen atoms in total. The molecule has 0 fully saturated rings. The minimum absolute atomic E-state index is 0.587. The molecule has 2 aromatic heterocycles. The van der Waals surface area contributed by atoms with Crippen molar-refractivity contribution in [3.05, 3.63) is 35.5 Å². The Morgan fingerprint density at radius 3 is 2.65 bits per heavy atom. The van der Waals surface area contributed by atoms with Crippen LogP contribution in [0.3, 0.4) is 0 Å². The van der Waals surface area contributed by atoms with E-state index in [0.29, 0.717) is 5.82 Å². The van der Waals surface area contributed by atoms with Gasteiger partial charge in [0.1, 0.15) is 5.82 Å². The third-order valence-electron chi connectivity index (χ3n) is 3.33. The van der Waals surface area contributed by atoms with E-state index in [1.165, 1.54) is 27.4 Å². The molecule has 86 valence electrons. The average Bonchev–Trinajstić information content (AvgIpc) is 2.52. The van der Waals surface area contributed by atoms with Crippen LogP contribution in [-0.2, 0) is 7.05 Å². The summed E-state index contributed by atoms with van der Waals surface area (Å²) in [5, 5.41) is 2.44. The number of rotatable bonds is 0. The van der Waals surface area contributed by atoms with Gasteiger partial charge in [0.05, 0.1) is 11.2 Å². The second-order valence-corrected chi connectivity index (χ2v) is 4.61. The summed E-state index contributed by atoms with van der Waals surface area (Å²) < 4.78 is 2.19. The van der Waals surface area contributed by atoms with Gasteiger partial charge < -0.3 is 10.3 Å². The molecule has 3 heteroatoms. The summed E-state index contributed by atoms with van der Waals surface area (Å²) in [4.78, 5) is 4.34. The molecule has 2 N–H and O–H groups in total. The maximum Gasteiger partial charge on any atom is 0.124 e. The monoisotopic (exact) mass is 225 g/mol. The molecule has 0 aliphatic heterocycles. The second-order valence-electron chi connectivity index (χ2n) is 4.61. The molecule has 0 aliphatic carbocycles. The average molecular weight is 225 g/mol. The van der Waals surface area contributed by atoms with Crippen LogP contribution in [0.2, 0.25) is 0 Å². The van der Waals surface area contributed by atoms with Crippen LogP contribution in [0.25, 0.3) is 21.8 Å². The molecule has 0 aliphatic rings. The number of hydrogen-bond donors (Lipinski definition) is 1. The summed E-state index contributed by atoms with van der Waals surface area (Å²) in [5.41, 5.74) is 10.5. The Morgan fingerprint density at radius 1 is 1.12 bits per heavy atom. The Balaban J connectivity index is 2.64. The van der Waals surface area contributed by atoms with Gasteiger partial charge in [0.15, 0.2) is 0 Å². The zero-order valence-corrected chi connectivity index (χ0v) is 10.3. The third kappa shape index (κ3) is 1.32. The van der Waals surface area contributed by atoms with Gasteiger partial charge in [-0.2, -0.15) is 0 Å². The van der Waals surface area contributed by atoms with E-state index in [-0.39, 0.29) is 0 Å². The van der Waals surface area contributed by atoms with Crippen LogP contribution in [0, 0.1) is 13.8 Å². The van der Waals surface area contributed by atoms with Crippen molar-refractivity contribution in [2.24, 2.45) is 7.05 Å². The number of nitrogen functional groups attached to an aromatic ring is 1. The Morgan fingerprint density at radius 2 is 1.88 bits per heavy atom. The summed E-state index contributed by atoms with van der Waals surface area (Å²) in [5.74, 6) is 0.587. The van der Waals surface area contributed by atoms with Gasteiger partial charge in [0, 0.05) is 23.3 Å². The molecular weight excluding hydrogens is 210 g/mol. The van der Waals surface area contributed by atoms with E-state index in [1.807, 2.05) is 13.0 Å². The second kappa shape index (κ2) is 3.23. The highest BCUT2D eigenvalue weighted by Crippen LogP contribution is 2.31. The molecule has 3 rings (SSSR count). The van der Waals surface area contributed by atoms with Crippen LogP contribution in [0.5, 0.6) is 0 Å². The lowest BCUT2D eigenvalue weighted by Gasteiger charge is -2.01. The van der Waals surface area contributed by atoms with E-state index in [9.17, 15) is 0 Å². The predicted octanol–water partition coefficient (Wildman–Crippen LogP) is 2.93. The zero-order valence-electron chi connectivity index (χ0n) is 10.3. The molecule has 0 spiro atoms. The van der Waals surface area contributed by atoms with Gasteiger partial charge in [-0.15, -0.1) is 0 Å². The molecule has 1 aromatic carbocycles. The summed E-state index contributed by atoms with van der Waals surface area (Å²) in [6.07, 6.45) is 0. The smallest absolute Gasteiger partial charge is 0.124 e. The number of nitrogens with two attached hydrogens (primary N) is 1. The Labute approximate surface area is 99.9 Å². The molecule has 0 bridgehead atoms. The Kier molecular flexibility index (Phi) is 1.93. The highest BCUT2D eigenvalue weighted by molar-refractivity contribution is 6.09. The van der Waals surface area contributed by atoms with Crippen molar-refractivity contribution in [2.75, 3.05) is 5.73 Å². The Hall–Kier alpha value is -2.03. The number of aromatic nitrogens is 2. The first-order valence-electron chi connectivity index (χ1n) is 5.70. The van der Waals surface area contributed by atoms with Crippen LogP contribution in [0.15, 0.2) is 24.3 Å². The van der Waals surface area contributed by atoms with E-state index >= 15 is 0 Å². The SMILES string of the molecule is Cc1ccc2c(c1)c1cc(N)nc(C)c1n2C. The van der Waals surface area contributed by atoms with Gasteiger partial charge in [0.25, 0.3) is 0 Å². The highest BCUT2D eigenvalue weighted by Gasteiger charge is 2.11. The van der Waals surface area contributed by atoms with E-state index in [2.05, 4.69) is 41.7 Å². The van der Waals surface area contributed by atoms with E-state index in [1.54, 1.807) is 0 Å². The minimum atomic E-state index is 0.587. The topological polar surface area (TPSA) is 43.8 Å². The highest BCUT2D eigenvalue weighted by atomic mass is 15.0. The number of nitrogens with zero attached hydrogens (tertiary/aromatic N) is 2. The van der Waals surface area contributed by atoms with Gasteiger partial charge in [-0.1, -0.05) is 11.6 Å². The largest absolute Gasteiger partial charge is 0.384 e. The first-order chi connectivity index (χ1) is 8.08. The number of aryl methyl sites for hydroxylation is 3. The molecule has 0 saturated heterocycles. The standard InChI is InChI=1S/C14H15N3/c1-8-4-5-12-10(6-8)11-7-13(15)16-9(2)14(11)17(12)3/h4-7H,1-3H3,(H2,15,16). The van der Waals surface area contributed by atoms with E-state index < -0.39 is 0 Å². The van der Waals surface area contributed by atoms with Crippen molar-refractivity contribution in [2.45, 2.75) is 13.8 Å². The quantitative estimate of drug-likeness (QED) is 0.639. The minimum Gasteiger partial charge on any atom is -0.384 e. The number of benzene rings is 1. The summed E-state index contributed by atoms with van der Waals surface area (Å²) in [6.45, 7) is 4.11. The van der Waals surface area contributed by atoms with Crippen molar-refractivity contribution in [3.63, 3.8) is 0 Å². The van der Waals surface area contributed by atoms with Crippen molar-refractivity contribution in [1.82, 2.24) is 9.55 Å². The van der Waals surface area contributed by atoms with Crippen molar-refractivity contribution in [3.8, 4) is 0 Å². The van der Waals surface area contributed by atoms with Crippen molar-refractivity contribution < 1.29 is 0 Å². The maximum atomic E-state index is 5.84. The number of hydrogen-bond acceptors (Lipinski definition) is 2. The number of pyridine rings is 1. The molecular formula is C14H15N3. The normalized spacial score (nSPS) is 11.5. The van der Waals surface area contributed by atoms with Crippen molar-refractivity contribution >= 4 is 27.6 Å². The molecule has 0 radical (unpaired) electrons. The lowest BCUT2D eigenvalue weighted by Crippen LogP contribution is -1.95. The van der Waals surface area contributed by atoms with Gasteiger partial charge in [-0.3, -0.25) is 0 Å². The summed E-state index contributed by atoms with van der Waals surface area (Å²) in [6, 6.07) is 8.45. The molecule has 3 aromatic rings. The van der Waals surface area contributed by atoms with E-state index in [0.717, 1.165) is 5.69 Å². The third-order valence-corrected chi connectivity index (χ3v) is 3.33. The summed E-state index contributed by atoms with van der Waals surface area (Å²) in [7, 11) is 2.07. The molecule has 2 heterocycles. The summed E-state index contributed by atoms with van der Waals surface area (Å²) >= 11 is 0. The molecule has 17 heavy (non-hydrogen) atoms. The molecule has 0 atom stereocenters. The Bertz CT molecular complexity index is 738. The first kappa shape index (κ1) is 10.1. The van der Waals surface area contributed by atoms with Gasteiger partial charge in [0.2, 0.25) is 0 Å². The fraction of sp³-hybridized carbons (Fsp3) is 0.214. The van der Waals surface area contributed by atoms with Crippen LogP contribution in [-0.4, -0.2) is 9.55 Å². The van der Waals surface area contributed by atoms with Gasteiger partial charge >= 0.3 is 0 Å². The lowest BCUT2D eigenvalue weighted by molar-refractivity contribution is 0.998. The van der Waals surface area contributed by atoms with Crippen LogP contribution >= 0.6 is 0 Å². The number of anilines is 1. The molecule has 0 amide bonds. The molecule has 0 unspecified atom stereocenters. The fourth-order valence-electron chi connectivity index (χ4n) is 2.60. The van der Waals surface area contributed by atoms with Gasteiger partial charge in [-0.25, -0.2) is 4.98 Å². The fourth-order valence-corrected chi connectivity index (χ4v) is 2.60. The predicted molar refractivity (Wildman–Crippen MR) is 72.1 cm³/mol. The van der Waals surface area contributed by atoms with Crippen molar-refractivity contribution in [1.29, 1.82) is 0 Å². The van der Waals surface area contributed by atoms with Crippen LogP contribution < -0.4 is 5.73 Å². The molecule has 0 saturated carbocycles. The van der Waals surface area contributed by atoms with Crippen LogP contribution in [0.4, 0.5) is 5.82 Å². The van der Waals surface area contributed by atoms with Crippen LogP contribution in [0.1, 0.15) is 11.3 Å². The van der Waals surface area contributed by atoms with Gasteiger partial charge in [-0.05, 0) is 32.0 Å². The lowest BCUT2D eigenvalue weighted by atomic mass is 10.1. The number of fused-ring (bicyclic) bond motifs is 3.